The van der Waals surface area contributed by atoms with Crippen LogP contribution in [0.5, 0.6) is 0 Å². The molecule has 3 rings (SSSR count). The summed E-state index contributed by atoms with van der Waals surface area (Å²) in [4.78, 5) is 16.8. The number of rotatable bonds is 5. The highest BCUT2D eigenvalue weighted by Crippen LogP contribution is 2.20. The quantitative estimate of drug-likeness (QED) is 0.567. The molecule has 2 aromatic heterocycles. The maximum absolute atomic E-state index is 12.1. The first-order chi connectivity index (χ1) is 12.2. The fourth-order valence-electron chi connectivity index (χ4n) is 2.35. The van der Waals surface area contributed by atoms with Gasteiger partial charge in [0.1, 0.15) is 0 Å². The number of benzene rings is 1. The van der Waals surface area contributed by atoms with Gasteiger partial charge in [-0.25, -0.2) is 5.43 Å². The number of hydrogen-bond donors (Lipinski definition) is 1. The first-order valence-electron chi connectivity index (χ1n) is 7.79. The minimum absolute atomic E-state index is 0.266. The Bertz CT molecular complexity index is 940. The number of nitrogens with one attached hydrogen (secondary N) is 1. The van der Waals surface area contributed by atoms with Crippen LogP contribution in [0.15, 0.2) is 71.9 Å². The number of hydrogen-bond acceptors (Lipinski definition) is 4. The van der Waals surface area contributed by atoms with Crippen LogP contribution in [-0.2, 0) is 6.54 Å². The molecule has 5 nitrogen and oxygen atoms in total. The summed E-state index contributed by atoms with van der Waals surface area (Å²) in [6, 6.07) is 11.6. The summed E-state index contributed by atoms with van der Waals surface area (Å²) in [6.07, 6.45) is 4.97. The number of thiazole rings is 1. The Morgan fingerprint density at radius 1 is 1.28 bits per heavy atom. The molecule has 1 N–H and O–H groups in total. The van der Waals surface area contributed by atoms with Crippen molar-refractivity contribution in [3.8, 4) is 11.3 Å². The second kappa shape index (κ2) is 7.72. The number of amides is 1. The number of aryl methyl sites for hydroxylation is 1. The van der Waals surface area contributed by atoms with Crippen molar-refractivity contribution >= 4 is 17.2 Å². The molecule has 0 fully saturated rings. The van der Waals surface area contributed by atoms with Gasteiger partial charge in [0.25, 0.3) is 5.91 Å². The summed E-state index contributed by atoms with van der Waals surface area (Å²) in [6.45, 7) is 6.48. The third-order valence-electron chi connectivity index (χ3n) is 3.65. The molecule has 0 spiro atoms. The van der Waals surface area contributed by atoms with Gasteiger partial charge in [-0.05, 0) is 24.6 Å². The fourth-order valence-corrected chi connectivity index (χ4v) is 3.22. The van der Waals surface area contributed by atoms with Gasteiger partial charge >= 0.3 is 0 Å². The van der Waals surface area contributed by atoms with E-state index in [0.29, 0.717) is 16.9 Å². The second-order valence-corrected chi connectivity index (χ2v) is 6.29. The normalized spacial score (nSPS) is 11.3. The summed E-state index contributed by atoms with van der Waals surface area (Å²) in [5.41, 5.74) is 6.48. The van der Waals surface area contributed by atoms with Crippen LogP contribution in [0.3, 0.4) is 0 Å². The van der Waals surface area contributed by atoms with Crippen molar-refractivity contribution in [3.63, 3.8) is 0 Å². The largest absolute Gasteiger partial charge is 0.311 e. The predicted octanol–water partition coefficient (Wildman–Crippen LogP) is 3.35. The molecule has 0 aliphatic heterocycles. The molecule has 1 aromatic carbocycles. The maximum Gasteiger partial charge on any atom is 0.271 e. The van der Waals surface area contributed by atoms with Gasteiger partial charge in [-0.3, -0.25) is 9.78 Å². The van der Waals surface area contributed by atoms with E-state index in [1.165, 1.54) is 16.9 Å². The van der Waals surface area contributed by atoms with Crippen molar-refractivity contribution in [3.05, 3.63) is 82.8 Å². The van der Waals surface area contributed by atoms with Crippen LogP contribution in [-0.4, -0.2) is 15.5 Å². The predicted molar refractivity (Wildman–Crippen MR) is 99.9 cm³/mol. The molecular formula is C19H18N4OS. The van der Waals surface area contributed by atoms with E-state index in [-0.39, 0.29) is 5.91 Å². The molecule has 0 saturated heterocycles. The van der Waals surface area contributed by atoms with Crippen molar-refractivity contribution in [1.82, 2.24) is 15.0 Å². The van der Waals surface area contributed by atoms with Crippen molar-refractivity contribution in [1.29, 1.82) is 0 Å². The van der Waals surface area contributed by atoms with Crippen LogP contribution in [0, 0.1) is 6.92 Å². The summed E-state index contributed by atoms with van der Waals surface area (Å²) in [7, 11) is 0. The lowest BCUT2D eigenvalue weighted by Gasteiger charge is -2.07. The average Bonchev–Trinajstić information content (AvgIpc) is 3.04. The molecule has 0 bridgehead atoms. The van der Waals surface area contributed by atoms with Gasteiger partial charge in [-0.15, -0.1) is 23.0 Å². The average molecular weight is 350 g/mol. The number of carbonyl (C=O) groups is 1. The van der Waals surface area contributed by atoms with Crippen LogP contribution in [0.1, 0.15) is 15.9 Å². The fraction of sp³-hybridized carbons (Fsp3) is 0.105. The van der Waals surface area contributed by atoms with Crippen molar-refractivity contribution < 1.29 is 4.79 Å². The minimum atomic E-state index is -0.266. The van der Waals surface area contributed by atoms with Crippen LogP contribution in [0.4, 0.5) is 0 Å². The molecule has 0 unspecified atom stereocenters. The van der Waals surface area contributed by atoms with E-state index in [1.54, 1.807) is 24.5 Å². The molecule has 6 heteroatoms. The van der Waals surface area contributed by atoms with Gasteiger partial charge in [0, 0.05) is 29.9 Å². The molecular weight excluding hydrogens is 332 g/mol. The molecule has 0 aliphatic rings. The first-order valence-corrected chi connectivity index (χ1v) is 8.67. The zero-order valence-electron chi connectivity index (χ0n) is 13.8. The molecule has 126 valence electrons. The second-order valence-electron chi connectivity index (χ2n) is 5.46. The molecule has 0 saturated carbocycles. The third kappa shape index (κ3) is 3.92. The van der Waals surface area contributed by atoms with E-state index in [1.807, 2.05) is 16.0 Å². The Hall–Kier alpha value is -2.99. The lowest BCUT2D eigenvalue weighted by Crippen LogP contribution is -2.24. The summed E-state index contributed by atoms with van der Waals surface area (Å²) >= 11 is 1.47. The van der Waals surface area contributed by atoms with E-state index in [0.717, 1.165) is 11.3 Å². The molecule has 3 aromatic rings. The van der Waals surface area contributed by atoms with Crippen LogP contribution >= 0.6 is 11.3 Å². The van der Waals surface area contributed by atoms with Crippen molar-refractivity contribution in [2.75, 3.05) is 0 Å². The Kier molecular flexibility index (Phi) is 5.20. The molecule has 0 atom stereocenters. The number of pyridine rings is 1. The van der Waals surface area contributed by atoms with E-state index in [4.69, 9.17) is 0 Å². The Labute approximate surface area is 150 Å². The standard InChI is InChI=1S/C19H18N4OS/c1-3-12-23-17(15-6-4-14(2)5-7-15)13-25-19(23)22-21-18(24)16-8-10-20-11-9-16/h3-11,13H,1,12H2,2H3,(H,21,24). The molecule has 2 heterocycles. The van der Waals surface area contributed by atoms with E-state index in [2.05, 4.69) is 53.3 Å². The van der Waals surface area contributed by atoms with E-state index >= 15 is 0 Å². The topological polar surface area (TPSA) is 59.3 Å². The smallest absolute Gasteiger partial charge is 0.271 e. The molecule has 0 radical (unpaired) electrons. The van der Waals surface area contributed by atoms with Gasteiger partial charge in [0.2, 0.25) is 4.80 Å². The highest BCUT2D eigenvalue weighted by Gasteiger charge is 2.08. The molecule has 0 aliphatic carbocycles. The Balaban J connectivity index is 1.92. The number of allylic oxidation sites excluding steroid dienone is 1. The van der Waals surface area contributed by atoms with Crippen molar-refractivity contribution in [2.45, 2.75) is 13.5 Å². The third-order valence-corrected chi connectivity index (χ3v) is 4.52. The van der Waals surface area contributed by atoms with Gasteiger partial charge in [-0.2, -0.15) is 0 Å². The summed E-state index contributed by atoms with van der Waals surface area (Å²) < 4.78 is 2.02. The van der Waals surface area contributed by atoms with Gasteiger partial charge in [0.15, 0.2) is 0 Å². The van der Waals surface area contributed by atoms with Crippen molar-refractivity contribution in [2.24, 2.45) is 5.10 Å². The Morgan fingerprint density at radius 3 is 2.68 bits per heavy atom. The summed E-state index contributed by atoms with van der Waals surface area (Å²) in [5.74, 6) is -0.266. The lowest BCUT2D eigenvalue weighted by molar-refractivity contribution is 0.0953. The SMILES string of the molecule is C=CCn1c(-c2ccc(C)cc2)csc1=NNC(=O)c1ccncc1. The zero-order chi connectivity index (χ0) is 17.6. The van der Waals surface area contributed by atoms with Crippen LogP contribution in [0.2, 0.25) is 0 Å². The maximum atomic E-state index is 12.1. The van der Waals surface area contributed by atoms with Crippen LogP contribution < -0.4 is 10.2 Å². The highest BCUT2D eigenvalue weighted by molar-refractivity contribution is 7.07. The van der Waals surface area contributed by atoms with Gasteiger partial charge < -0.3 is 4.57 Å². The monoisotopic (exact) mass is 350 g/mol. The Morgan fingerprint density at radius 2 is 2.00 bits per heavy atom. The van der Waals surface area contributed by atoms with Crippen LogP contribution in [0.25, 0.3) is 11.3 Å². The van der Waals surface area contributed by atoms with E-state index in [9.17, 15) is 4.79 Å². The molecule has 1 amide bonds. The number of aromatic nitrogens is 2. The lowest BCUT2D eigenvalue weighted by atomic mass is 10.1. The zero-order valence-corrected chi connectivity index (χ0v) is 14.7. The highest BCUT2D eigenvalue weighted by atomic mass is 32.1. The first kappa shape index (κ1) is 16.9. The van der Waals surface area contributed by atoms with Gasteiger partial charge in [-0.1, -0.05) is 35.9 Å². The summed E-state index contributed by atoms with van der Waals surface area (Å²) in [5, 5.41) is 6.31. The van der Waals surface area contributed by atoms with E-state index < -0.39 is 0 Å². The van der Waals surface area contributed by atoms with Gasteiger partial charge in [0.05, 0.1) is 5.69 Å². The minimum Gasteiger partial charge on any atom is -0.311 e. The number of carbonyl (C=O) groups excluding carboxylic acids is 1. The number of nitrogens with zero attached hydrogens (tertiary/aromatic N) is 3. The molecule has 25 heavy (non-hydrogen) atoms.